The first-order valence-corrected chi connectivity index (χ1v) is 9.43. The minimum atomic E-state index is -3.59. The Morgan fingerprint density at radius 2 is 1.56 bits per heavy atom. The predicted octanol–water partition coefficient (Wildman–Crippen LogP) is 2.30. The van der Waals surface area contributed by atoms with Gasteiger partial charge >= 0.3 is 5.97 Å². The summed E-state index contributed by atoms with van der Waals surface area (Å²) in [7, 11) is -2.01. The van der Waals surface area contributed by atoms with Crippen LogP contribution in [0.3, 0.4) is 0 Å². The van der Waals surface area contributed by atoms with Gasteiger partial charge in [-0.25, -0.2) is 13.2 Å². The highest BCUT2D eigenvalue weighted by molar-refractivity contribution is 7.90. The van der Waals surface area contributed by atoms with E-state index in [4.69, 9.17) is 4.74 Å². The van der Waals surface area contributed by atoms with Crippen LogP contribution < -0.4 is 4.90 Å². The molecule has 0 saturated heterocycles. The van der Waals surface area contributed by atoms with Crippen LogP contribution in [0, 0.1) is 0 Å². The van der Waals surface area contributed by atoms with E-state index in [1.807, 2.05) is 6.07 Å². The van der Waals surface area contributed by atoms with Crippen LogP contribution in [0.1, 0.15) is 17.3 Å². The number of ether oxygens (including phenoxy) is 1. The largest absolute Gasteiger partial charge is 0.449 e. The Hall–Kier alpha value is -2.67. The molecule has 132 valence electrons. The van der Waals surface area contributed by atoms with Crippen molar-refractivity contribution in [3.63, 3.8) is 0 Å². The molecular weight excluding hydrogens is 342 g/mol. The first kappa shape index (κ1) is 18.7. The van der Waals surface area contributed by atoms with Gasteiger partial charge in [-0.15, -0.1) is 0 Å². The average molecular weight is 361 g/mol. The van der Waals surface area contributed by atoms with Gasteiger partial charge in [0, 0.05) is 19.0 Å². The van der Waals surface area contributed by atoms with E-state index in [0.717, 1.165) is 6.26 Å². The fourth-order valence-electron chi connectivity index (χ4n) is 2.28. The van der Waals surface area contributed by atoms with E-state index in [2.05, 4.69) is 0 Å². The third kappa shape index (κ3) is 4.45. The van der Waals surface area contributed by atoms with Crippen molar-refractivity contribution in [1.82, 2.24) is 0 Å². The van der Waals surface area contributed by atoms with Crippen LogP contribution in [-0.2, 0) is 19.4 Å². The Balaban J connectivity index is 2.17. The number of esters is 1. The number of nitrogens with zero attached hydrogens (tertiary/aromatic N) is 1. The topological polar surface area (TPSA) is 80.8 Å². The SMILES string of the molecule is C[C@@H](OC(=O)c1ccccc1S(C)(=O)=O)C(=O)N(C)c1ccccc1. The highest BCUT2D eigenvalue weighted by Crippen LogP contribution is 2.18. The maximum Gasteiger partial charge on any atom is 0.340 e. The molecule has 0 N–H and O–H groups in total. The first-order valence-electron chi connectivity index (χ1n) is 7.54. The Kier molecular flexibility index (Phi) is 5.58. The molecule has 0 spiro atoms. The van der Waals surface area contributed by atoms with Gasteiger partial charge in [-0.3, -0.25) is 4.79 Å². The van der Waals surface area contributed by atoms with E-state index in [9.17, 15) is 18.0 Å². The summed E-state index contributed by atoms with van der Waals surface area (Å²) in [6.07, 6.45) is -0.0537. The zero-order valence-corrected chi connectivity index (χ0v) is 15.0. The molecular formula is C18H19NO5S. The Bertz CT molecular complexity index is 877. The Labute approximate surface area is 146 Å². The van der Waals surface area contributed by atoms with Crippen LogP contribution in [0.5, 0.6) is 0 Å². The van der Waals surface area contributed by atoms with Crippen molar-refractivity contribution in [2.45, 2.75) is 17.9 Å². The lowest BCUT2D eigenvalue weighted by Crippen LogP contribution is -2.37. The molecule has 0 saturated carbocycles. The lowest BCUT2D eigenvalue weighted by atomic mass is 10.2. The molecule has 6 nitrogen and oxygen atoms in total. The van der Waals surface area contributed by atoms with E-state index in [1.54, 1.807) is 31.3 Å². The number of anilines is 1. The molecule has 0 bridgehead atoms. The summed E-state index contributed by atoms with van der Waals surface area (Å²) in [6, 6.07) is 14.7. The summed E-state index contributed by atoms with van der Waals surface area (Å²) in [5.74, 6) is -1.28. The van der Waals surface area contributed by atoms with Gasteiger partial charge in [0.15, 0.2) is 15.9 Å². The summed E-state index contributed by atoms with van der Waals surface area (Å²) in [4.78, 5) is 26.0. The number of hydrogen-bond acceptors (Lipinski definition) is 5. The Morgan fingerprint density at radius 1 is 1.00 bits per heavy atom. The molecule has 2 rings (SSSR count). The minimum Gasteiger partial charge on any atom is -0.449 e. The van der Waals surface area contributed by atoms with Gasteiger partial charge in [-0.1, -0.05) is 30.3 Å². The molecule has 0 heterocycles. The molecule has 0 aromatic heterocycles. The van der Waals surface area contributed by atoms with Crippen LogP contribution in [0.2, 0.25) is 0 Å². The van der Waals surface area contributed by atoms with E-state index in [-0.39, 0.29) is 10.5 Å². The van der Waals surface area contributed by atoms with Gasteiger partial charge in [0.1, 0.15) is 0 Å². The van der Waals surface area contributed by atoms with E-state index in [0.29, 0.717) is 5.69 Å². The maximum atomic E-state index is 12.4. The molecule has 2 aromatic rings. The summed E-state index contributed by atoms with van der Waals surface area (Å²) >= 11 is 0. The molecule has 7 heteroatoms. The number of carbonyl (C=O) groups excluding carboxylic acids is 2. The van der Waals surface area contributed by atoms with Gasteiger partial charge in [0.25, 0.3) is 5.91 Å². The number of para-hydroxylation sites is 1. The third-order valence-corrected chi connectivity index (χ3v) is 4.77. The maximum absolute atomic E-state index is 12.4. The fourth-order valence-corrected chi connectivity index (χ4v) is 3.16. The molecule has 0 radical (unpaired) electrons. The van der Waals surface area contributed by atoms with Gasteiger partial charge in [0.05, 0.1) is 10.5 Å². The summed E-state index contributed by atoms with van der Waals surface area (Å²) in [5.41, 5.74) is 0.568. The standard InChI is InChI=1S/C18H19NO5S/c1-13(17(20)19(2)14-9-5-4-6-10-14)24-18(21)15-11-7-8-12-16(15)25(3,22)23/h4-13H,1-3H3/t13-/m1/s1. The number of rotatable bonds is 5. The van der Waals surface area contributed by atoms with Crippen molar-refractivity contribution < 1.29 is 22.7 Å². The van der Waals surface area contributed by atoms with Gasteiger partial charge < -0.3 is 9.64 Å². The Morgan fingerprint density at radius 3 is 2.16 bits per heavy atom. The summed E-state index contributed by atoms with van der Waals surface area (Å²) in [6.45, 7) is 1.45. The van der Waals surface area contributed by atoms with Gasteiger partial charge in [-0.2, -0.15) is 0 Å². The summed E-state index contributed by atoms with van der Waals surface area (Å²) < 4.78 is 28.8. The van der Waals surface area contributed by atoms with Crippen molar-refractivity contribution >= 4 is 27.4 Å². The lowest BCUT2D eigenvalue weighted by Gasteiger charge is -2.21. The van der Waals surface area contributed by atoms with Gasteiger partial charge in [0.2, 0.25) is 0 Å². The fraction of sp³-hybridized carbons (Fsp3) is 0.222. The molecule has 1 atom stereocenters. The van der Waals surface area contributed by atoms with Crippen LogP contribution in [0.4, 0.5) is 5.69 Å². The molecule has 0 aliphatic carbocycles. The van der Waals surface area contributed by atoms with E-state index >= 15 is 0 Å². The average Bonchev–Trinajstić information content (AvgIpc) is 2.60. The van der Waals surface area contributed by atoms with Gasteiger partial charge in [-0.05, 0) is 31.2 Å². The highest BCUT2D eigenvalue weighted by Gasteiger charge is 2.25. The molecule has 0 fully saturated rings. The quantitative estimate of drug-likeness (QED) is 0.764. The third-order valence-electron chi connectivity index (χ3n) is 3.61. The van der Waals surface area contributed by atoms with Crippen LogP contribution in [-0.4, -0.2) is 39.7 Å². The van der Waals surface area contributed by atoms with Crippen LogP contribution in [0.25, 0.3) is 0 Å². The number of likely N-dealkylation sites (N-methyl/N-ethyl adjacent to an activating group) is 1. The molecule has 0 unspecified atom stereocenters. The molecule has 25 heavy (non-hydrogen) atoms. The first-order chi connectivity index (χ1) is 11.7. The summed E-state index contributed by atoms with van der Waals surface area (Å²) in [5, 5.41) is 0. The van der Waals surface area contributed by atoms with Crippen molar-refractivity contribution in [1.29, 1.82) is 0 Å². The smallest absolute Gasteiger partial charge is 0.340 e. The number of amides is 1. The molecule has 2 aromatic carbocycles. The van der Waals surface area contributed by atoms with Crippen molar-refractivity contribution in [3.05, 3.63) is 60.2 Å². The monoisotopic (exact) mass is 361 g/mol. The second-order valence-corrected chi connectivity index (χ2v) is 7.53. The predicted molar refractivity (Wildman–Crippen MR) is 94.3 cm³/mol. The number of benzene rings is 2. The molecule has 1 amide bonds. The van der Waals surface area contributed by atoms with Crippen molar-refractivity contribution in [2.24, 2.45) is 0 Å². The second-order valence-electron chi connectivity index (χ2n) is 5.55. The molecule has 0 aliphatic heterocycles. The molecule has 0 aliphatic rings. The zero-order valence-electron chi connectivity index (χ0n) is 14.2. The van der Waals surface area contributed by atoms with Crippen molar-refractivity contribution in [3.8, 4) is 0 Å². The van der Waals surface area contributed by atoms with E-state index < -0.39 is 27.8 Å². The van der Waals surface area contributed by atoms with Crippen molar-refractivity contribution in [2.75, 3.05) is 18.2 Å². The zero-order chi connectivity index (χ0) is 18.6. The van der Waals surface area contributed by atoms with Crippen LogP contribution in [0.15, 0.2) is 59.5 Å². The second kappa shape index (κ2) is 7.48. The number of hydrogen-bond donors (Lipinski definition) is 0. The lowest BCUT2D eigenvalue weighted by molar-refractivity contribution is -0.126. The minimum absolute atomic E-state index is 0.0907. The normalized spacial score (nSPS) is 12.3. The number of sulfone groups is 1. The highest BCUT2D eigenvalue weighted by atomic mass is 32.2. The van der Waals surface area contributed by atoms with E-state index in [1.165, 1.54) is 36.1 Å². The number of carbonyl (C=O) groups is 2. The van der Waals surface area contributed by atoms with Crippen LogP contribution >= 0.6 is 0 Å².